The van der Waals surface area contributed by atoms with E-state index in [1.165, 1.54) is 5.56 Å². The van der Waals surface area contributed by atoms with Gasteiger partial charge in [0, 0.05) is 32.7 Å². The highest BCUT2D eigenvalue weighted by atomic mass is 16.3. The number of aryl methyl sites for hydroxylation is 1. The second-order valence-electron chi connectivity index (χ2n) is 6.04. The normalized spacial score (nSPS) is 15.5. The summed E-state index contributed by atoms with van der Waals surface area (Å²) in [5.74, 6) is 0.641. The average molecular weight is 326 g/mol. The van der Waals surface area contributed by atoms with E-state index in [-0.39, 0.29) is 6.61 Å². The van der Waals surface area contributed by atoms with Crippen LogP contribution >= 0.6 is 0 Å². The van der Waals surface area contributed by atoms with E-state index in [1.54, 1.807) is 4.80 Å². The largest absolute Gasteiger partial charge is 0.395 e. The lowest BCUT2D eigenvalue weighted by molar-refractivity contribution is 0.188. The van der Waals surface area contributed by atoms with Gasteiger partial charge in [0.15, 0.2) is 5.82 Å². The highest BCUT2D eigenvalue weighted by Crippen LogP contribution is 2.21. The summed E-state index contributed by atoms with van der Waals surface area (Å²) in [5.41, 5.74) is 3.53. The molecule has 0 radical (unpaired) electrons. The number of benzene rings is 1. The van der Waals surface area contributed by atoms with Gasteiger partial charge in [0.05, 0.1) is 12.3 Å². The van der Waals surface area contributed by atoms with Crippen molar-refractivity contribution in [2.24, 2.45) is 0 Å². The molecule has 0 saturated carbocycles. The third kappa shape index (κ3) is 3.11. The van der Waals surface area contributed by atoms with E-state index < -0.39 is 0 Å². The molecule has 2 aromatic rings. The number of nitriles is 1. The number of nitrogens with zero attached hydrogens (tertiary/aromatic N) is 6. The van der Waals surface area contributed by atoms with Crippen molar-refractivity contribution in [3.05, 3.63) is 35.0 Å². The maximum Gasteiger partial charge on any atom is 0.207 e. The third-order valence-corrected chi connectivity index (χ3v) is 4.58. The summed E-state index contributed by atoms with van der Waals surface area (Å²) in [5, 5.41) is 27.4. The molecule has 0 spiro atoms. The van der Waals surface area contributed by atoms with Crippen LogP contribution in [0.4, 0.5) is 5.82 Å². The Bertz CT molecular complexity index is 755. The Balaban J connectivity index is 1.87. The lowest BCUT2D eigenvalue weighted by atomic mass is 10.1. The minimum absolute atomic E-state index is 0.173. The molecule has 1 N–H and O–H groups in total. The summed E-state index contributed by atoms with van der Waals surface area (Å²) < 4.78 is 0. The molecule has 1 aliphatic rings. The zero-order valence-electron chi connectivity index (χ0n) is 14.1. The molecule has 0 aliphatic carbocycles. The van der Waals surface area contributed by atoms with Gasteiger partial charge in [-0.2, -0.15) is 5.26 Å². The molecule has 1 aromatic heterocycles. The molecule has 24 heavy (non-hydrogen) atoms. The van der Waals surface area contributed by atoms with Gasteiger partial charge in [-0.05, 0) is 31.0 Å². The maximum absolute atomic E-state index is 9.43. The Morgan fingerprint density at radius 1 is 1.17 bits per heavy atom. The third-order valence-electron chi connectivity index (χ3n) is 4.58. The van der Waals surface area contributed by atoms with E-state index in [9.17, 15) is 5.26 Å². The molecule has 2 heterocycles. The van der Waals surface area contributed by atoms with E-state index >= 15 is 0 Å². The van der Waals surface area contributed by atoms with Gasteiger partial charge >= 0.3 is 0 Å². The number of hydrogen-bond acceptors (Lipinski definition) is 6. The van der Waals surface area contributed by atoms with Crippen molar-refractivity contribution in [2.45, 2.75) is 13.8 Å². The number of aliphatic hydroxyl groups excluding tert-OH is 1. The van der Waals surface area contributed by atoms with Crippen molar-refractivity contribution in [2.75, 3.05) is 44.2 Å². The Labute approximate surface area is 141 Å². The minimum Gasteiger partial charge on any atom is -0.395 e. The lowest BCUT2D eigenvalue weighted by Crippen LogP contribution is -2.47. The molecule has 126 valence electrons. The minimum atomic E-state index is 0.173. The van der Waals surface area contributed by atoms with Crippen LogP contribution in [-0.2, 0) is 0 Å². The van der Waals surface area contributed by atoms with Crippen LogP contribution in [-0.4, -0.2) is 64.3 Å². The molecule has 1 aromatic carbocycles. The topological polar surface area (TPSA) is 81.2 Å². The number of β-amino-alcohol motifs (C(OH)–C–C–N with tert-alkyl or cyclic N) is 1. The lowest BCUT2D eigenvalue weighted by Gasteiger charge is -2.34. The molecule has 0 atom stereocenters. The molecule has 1 saturated heterocycles. The summed E-state index contributed by atoms with van der Waals surface area (Å²) in [6.45, 7) is 8.20. The molecule has 7 heteroatoms. The van der Waals surface area contributed by atoms with E-state index in [0.717, 1.165) is 37.4 Å². The second kappa shape index (κ2) is 6.99. The first-order valence-corrected chi connectivity index (χ1v) is 8.16. The number of rotatable bonds is 4. The number of piperazine rings is 1. The van der Waals surface area contributed by atoms with Crippen molar-refractivity contribution in [3.8, 4) is 11.8 Å². The van der Waals surface area contributed by atoms with E-state index in [2.05, 4.69) is 39.1 Å². The summed E-state index contributed by atoms with van der Waals surface area (Å²) in [6.07, 6.45) is 0. The van der Waals surface area contributed by atoms with E-state index in [4.69, 9.17) is 5.11 Å². The Morgan fingerprint density at radius 2 is 1.92 bits per heavy atom. The predicted octanol–water partition coefficient (Wildman–Crippen LogP) is 0.870. The fourth-order valence-corrected chi connectivity index (χ4v) is 2.97. The van der Waals surface area contributed by atoms with Gasteiger partial charge in [0.25, 0.3) is 0 Å². The van der Waals surface area contributed by atoms with Crippen LogP contribution in [0.5, 0.6) is 0 Å². The first kappa shape index (κ1) is 16.4. The zero-order chi connectivity index (χ0) is 17.1. The summed E-state index contributed by atoms with van der Waals surface area (Å²) in [7, 11) is 0. The van der Waals surface area contributed by atoms with Gasteiger partial charge in [0.2, 0.25) is 5.69 Å². The fourth-order valence-electron chi connectivity index (χ4n) is 2.97. The van der Waals surface area contributed by atoms with Crippen LogP contribution in [0.3, 0.4) is 0 Å². The van der Waals surface area contributed by atoms with Crippen molar-refractivity contribution in [3.63, 3.8) is 0 Å². The van der Waals surface area contributed by atoms with Crippen LogP contribution in [0.2, 0.25) is 0 Å². The number of aromatic nitrogens is 3. The quantitative estimate of drug-likeness (QED) is 0.898. The molecule has 1 fully saturated rings. The van der Waals surface area contributed by atoms with Crippen LogP contribution in [0, 0.1) is 25.2 Å². The molecular weight excluding hydrogens is 304 g/mol. The first-order valence-electron chi connectivity index (χ1n) is 8.16. The highest BCUT2D eigenvalue weighted by Gasteiger charge is 2.23. The Hall–Kier alpha value is -2.43. The highest BCUT2D eigenvalue weighted by molar-refractivity contribution is 5.52. The first-order chi connectivity index (χ1) is 11.6. The average Bonchev–Trinajstić information content (AvgIpc) is 3.02. The summed E-state index contributed by atoms with van der Waals surface area (Å²) in [6, 6.07) is 8.15. The Morgan fingerprint density at radius 3 is 2.58 bits per heavy atom. The van der Waals surface area contributed by atoms with Crippen molar-refractivity contribution in [1.29, 1.82) is 5.26 Å². The summed E-state index contributed by atoms with van der Waals surface area (Å²) in [4.78, 5) is 5.87. The maximum atomic E-state index is 9.43. The van der Waals surface area contributed by atoms with Gasteiger partial charge in [-0.15, -0.1) is 15.0 Å². The molecule has 0 amide bonds. The van der Waals surface area contributed by atoms with Crippen molar-refractivity contribution >= 4 is 5.82 Å². The monoisotopic (exact) mass is 326 g/mol. The van der Waals surface area contributed by atoms with Crippen LogP contribution < -0.4 is 4.90 Å². The fraction of sp³-hybridized carbons (Fsp3) is 0.471. The molecule has 1 aliphatic heterocycles. The molecule has 0 unspecified atom stereocenters. The van der Waals surface area contributed by atoms with Crippen LogP contribution in [0.25, 0.3) is 5.69 Å². The molecular formula is C17H22N6O. The van der Waals surface area contributed by atoms with Gasteiger partial charge in [-0.25, -0.2) is 0 Å². The smallest absolute Gasteiger partial charge is 0.207 e. The second-order valence-corrected chi connectivity index (χ2v) is 6.04. The molecule has 3 rings (SSSR count). The predicted molar refractivity (Wildman–Crippen MR) is 91.3 cm³/mol. The number of aliphatic hydroxyl groups is 1. The van der Waals surface area contributed by atoms with Crippen molar-refractivity contribution < 1.29 is 5.11 Å². The molecule has 7 nitrogen and oxygen atoms in total. The number of hydrogen-bond donors (Lipinski definition) is 1. The van der Waals surface area contributed by atoms with Gasteiger partial charge in [-0.1, -0.05) is 12.1 Å². The zero-order valence-corrected chi connectivity index (χ0v) is 14.1. The number of anilines is 1. The van der Waals surface area contributed by atoms with E-state index in [1.807, 2.05) is 19.1 Å². The van der Waals surface area contributed by atoms with E-state index in [0.29, 0.717) is 18.1 Å². The van der Waals surface area contributed by atoms with Gasteiger partial charge < -0.3 is 10.0 Å². The standard InChI is InChI=1S/C17H22N6O/c1-13-4-3-5-16(14(13)2)23-19-15(12-18)17(20-23)22-8-6-21(7-9-22)10-11-24/h3-5,24H,6-11H2,1-2H3. The van der Waals surface area contributed by atoms with Gasteiger partial charge in [0.1, 0.15) is 6.07 Å². The Kier molecular flexibility index (Phi) is 4.79. The SMILES string of the molecule is Cc1cccc(-n2nc(C#N)c(N3CCN(CCO)CC3)n2)c1C. The van der Waals surface area contributed by atoms with Crippen molar-refractivity contribution in [1.82, 2.24) is 19.9 Å². The van der Waals surface area contributed by atoms with Crippen LogP contribution in [0.1, 0.15) is 16.8 Å². The van der Waals surface area contributed by atoms with Gasteiger partial charge in [-0.3, -0.25) is 4.90 Å². The molecule has 0 bridgehead atoms. The summed E-state index contributed by atoms with van der Waals surface area (Å²) >= 11 is 0. The van der Waals surface area contributed by atoms with Crippen LogP contribution in [0.15, 0.2) is 18.2 Å².